The van der Waals surface area contributed by atoms with E-state index in [1.54, 1.807) is 130 Å². The number of aromatic nitrogens is 4. The molecular weight excluding hydrogens is 1910 g/mol. The Bertz CT molecular complexity index is 5610. The molecule has 10 radical (unpaired) electrons. The van der Waals surface area contributed by atoms with Crippen LogP contribution in [-0.2, 0) is 66.7 Å². The molecule has 10 aromatic rings. The van der Waals surface area contributed by atoms with Gasteiger partial charge in [-0.25, -0.2) is 29.5 Å². The van der Waals surface area contributed by atoms with Gasteiger partial charge >= 0.3 is 45.9 Å². The standard InChI is InChI=1S/C24H32N2O5.C17H17NO5.C17H15NO5.C12H9F3O7S.C7H15N.C6H8BNO3.C4H8O2.C4H8O.CH3B3.2CH4.B3.Y/c1-15-8-16(2)14-26(13-15)23(28)11-19(17-6-7-22(31-5)25-12-17)24-20(27)9-18(29-3)10-21(24)30-4;2*1-20-11-6-13(21-2)17-12(8-16(19)23-14(17)7-11)10-4-5-15(22-3)18-9-10;1-19-6-3-7(20-2)11-8(4-6)21-10(16)5-9(11)22-23(17,18)12(13,14)15;1-6-3-7(2)5-8-4-6;1-11-6-3-2-5(4-8-6)7(9)10;1-3-6-4(2)5;1-2-4-5-3-1;1-3-4-2;;;1-3-2;/h6-7,9-10,12,15-16,19,27H,8,11,13-14H2,1-5H3;4-7,9,12H,8H2,1-3H3;4-9H,1-3H3;3-5H,1-2H3;6-8H,3-5H2,1-2H3;2-4,9-10H,1H3;3H2,1-2H3;1-4H2;1H3;2*1H4;;/t15-,16+,19?;;;;6-,7+;;;;;;;;. The van der Waals surface area contributed by atoms with Gasteiger partial charge in [-0.3, -0.25) is 14.4 Å². The number of alkyl halides is 3. The maximum atomic E-state index is 13.3. The van der Waals surface area contributed by atoms with Gasteiger partial charge in [-0.1, -0.05) is 60.7 Å². The Hall–Kier alpha value is -11.4. The molecule has 3 fully saturated rings. The molecule has 6 atom stereocenters. The zero-order chi connectivity index (χ0) is 102. The fourth-order valence-electron chi connectivity index (χ4n) is 14.2. The first kappa shape index (κ1) is 125. The number of phenols is 1. The molecule has 0 saturated carbocycles. The Morgan fingerprint density at radius 2 is 1.04 bits per heavy atom. The summed E-state index contributed by atoms with van der Waals surface area (Å²) in [5.41, 5.74) is -2.27. The molecule has 4 aliphatic heterocycles. The van der Waals surface area contributed by atoms with Crippen LogP contribution in [0.4, 0.5) is 13.2 Å². The zero-order valence-electron chi connectivity index (χ0n) is 80.8. The summed E-state index contributed by atoms with van der Waals surface area (Å²) < 4.78 is 151. The van der Waals surface area contributed by atoms with Crippen LogP contribution in [0.25, 0.3) is 33.1 Å². The number of carbonyl (C=O) groups excluding carboxylic acids is 3. The molecule has 10 heterocycles. The molecule has 0 bridgehead atoms. The van der Waals surface area contributed by atoms with Crippen LogP contribution in [-0.4, -0.2) is 255 Å². The number of rotatable bonds is 23. The van der Waals surface area contributed by atoms with E-state index in [1.807, 2.05) is 29.9 Å². The summed E-state index contributed by atoms with van der Waals surface area (Å²) in [6.45, 7) is 20.5. The minimum Gasteiger partial charge on any atom is -0.507 e. The number of amides is 1. The Kier molecular flexibility index (Phi) is 57.1. The van der Waals surface area contributed by atoms with E-state index in [0.717, 1.165) is 73.9 Å². The van der Waals surface area contributed by atoms with Crippen molar-refractivity contribution in [2.75, 3.05) is 131 Å². The van der Waals surface area contributed by atoms with Crippen molar-refractivity contribution in [2.24, 2.45) is 23.7 Å². The number of benzene rings is 4. The third-order valence-corrected chi connectivity index (χ3v) is 21.3. The Balaban J connectivity index is 0.000000560. The Morgan fingerprint density at radius 3 is 1.45 bits per heavy atom. The van der Waals surface area contributed by atoms with Gasteiger partial charge in [0, 0.05) is 247 Å². The van der Waals surface area contributed by atoms with Crippen molar-refractivity contribution in [3.05, 3.63) is 177 Å². The number of ether oxygens (including phenoxy) is 15. The average molecular weight is 2040 g/mol. The molecule has 140 heavy (non-hydrogen) atoms. The van der Waals surface area contributed by atoms with Gasteiger partial charge in [-0.2, -0.15) is 21.6 Å². The molecular formula is C94H123B7F3N6O28SY. The number of pyridine rings is 4. The van der Waals surface area contributed by atoms with Crippen molar-refractivity contribution in [1.82, 2.24) is 30.2 Å². The minimum absolute atomic E-state index is 0. The molecule has 14 rings (SSSR count). The monoisotopic (exact) mass is 2040 g/mol. The summed E-state index contributed by atoms with van der Waals surface area (Å²) in [7, 11) is 28.6. The van der Waals surface area contributed by atoms with Crippen LogP contribution < -0.4 is 87.8 Å². The van der Waals surface area contributed by atoms with Crippen molar-refractivity contribution in [3.8, 4) is 97.9 Å². The second-order valence-electron chi connectivity index (χ2n) is 30.5. The second kappa shape index (κ2) is 64.2. The van der Waals surface area contributed by atoms with Crippen molar-refractivity contribution in [2.45, 2.75) is 119 Å². The van der Waals surface area contributed by atoms with Crippen LogP contribution in [0.15, 0.2) is 152 Å². The summed E-state index contributed by atoms with van der Waals surface area (Å²) in [4.78, 5) is 76.9. The molecule has 46 heteroatoms. The van der Waals surface area contributed by atoms with Crippen LogP contribution in [0.2, 0.25) is 6.82 Å². The predicted molar refractivity (Wildman–Crippen MR) is 530 cm³/mol. The second-order valence-corrected chi connectivity index (χ2v) is 32.0. The maximum absolute atomic E-state index is 13.3. The molecule has 4 aromatic carbocycles. The fourth-order valence-corrected chi connectivity index (χ4v) is 14.6. The first-order valence-electron chi connectivity index (χ1n) is 42.9. The number of methoxy groups -OCH3 is 12. The van der Waals surface area contributed by atoms with E-state index < -0.39 is 45.7 Å². The van der Waals surface area contributed by atoms with Gasteiger partial charge in [0.1, 0.15) is 74.0 Å². The quantitative estimate of drug-likeness (QED) is 0.0115. The van der Waals surface area contributed by atoms with Crippen LogP contribution in [0.1, 0.15) is 129 Å². The SMILES string of the molecule is C.C.C1CCOC1.CCOC(C)=O.COc1cc(O)c(C(CC(=O)N2C[C@H](C)C[C@H](C)C2)c2ccc(OC)nc2)c(OC)c1.COc1cc(OC)c2c(-c3ccc(OC)nc3)cc(=O)oc2c1.COc1cc(OC)c2c(OS(=O)(=O)C(F)(F)F)cc(=O)oc2c1.COc1cc(OC)c2c(c1)OC(=O)CC2c1ccc(OC)nc1.COc1ccc(B(O)O)cn1.C[C@@H]1CNC[C@H](C)C1.[B][B][B].[B][B][B]C.[Y]. The number of piperidine rings is 2. The third-order valence-electron chi connectivity index (χ3n) is 20.3. The fraction of sp³-hybridized carbons (Fsp3) is 0.436. The summed E-state index contributed by atoms with van der Waals surface area (Å²) in [5, 5.41) is 32.0. The zero-order valence-corrected chi connectivity index (χ0v) is 84.5. The number of hydrogen-bond donors (Lipinski definition) is 4. The maximum Gasteiger partial charge on any atom is 0.534 e. The molecule has 0 spiro atoms. The molecule has 4 aliphatic rings. The molecule has 748 valence electrons. The summed E-state index contributed by atoms with van der Waals surface area (Å²) in [6.07, 6.45) is 11.9. The smallest absolute Gasteiger partial charge is 0.507 e. The van der Waals surface area contributed by atoms with Gasteiger partial charge in [0.15, 0.2) is 5.75 Å². The summed E-state index contributed by atoms with van der Waals surface area (Å²) in [6, 6.07) is 28.4. The number of hydrogen-bond acceptors (Lipinski definition) is 33. The predicted octanol–water partition coefficient (Wildman–Crippen LogP) is 12.3. The average Bonchev–Trinajstić information content (AvgIpc) is 0.792. The summed E-state index contributed by atoms with van der Waals surface area (Å²) in [5.74, 6) is 6.53. The van der Waals surface area contributed by atoms with Gasteiger partial charge in [0.25, 0.3) is 0 Å². The van der Waals surface area contributed by atoms with E-state index in [-0.39, 0.29) is 112 Å². The molecule has 1 amide bonds. The Labute approximate surface area is 848 Å². The van der Waals surface area contributed by atoms with Crippen LogP contribution in [0.3, 0.4) is 0 Å². The van der Waals surface area contributed by atoms with Crippen molar-refractivity contribution in [3.63, 3.8) is 0 Å². The van der Waals surface area contributed by atoms with Gasteiger partial charge in [0.05, 0.1) is 117 Å². The van der Waals surface area contributed by atoms with Gasteiger partial charge < -0.3 is 109 Å². The van der Waals surface area contributed by atoms with E-state index in [1.165, 1.54) is 126 Å². The van der Waals surface area contributed by atoms with Crippen molar-refractivity contribution < 1.29 is 168 Å². The van der Waals surface area contributed by atoms with Gasteiger partial charge in [0.2, 0.25) is 29.4 Å². The van der Waals surface area contributed by atoms with Crippen LogP contribution >= 0.6 is 0 Å². The first-order valence-corrected chi connectivity index (χ1v) is 44.3. The number of likely N-dealkylation sites (tertiary alicyclic amines) is 1. The molecule has 4 N–H and O–H groups in total. The number of nitrogens with one attached hydrogen (secondary N) is 1. The number of halogens is 3. The largest absolute Gasteiger partial charge is 0.534 e. The minimum atomic E-state index is -5.97. The Morgan fingerprint density at radius 1 is 0.586 bits per heavy atom. The van der Waals surface area contributed by atoms with E-state index in [4.69, 9.17) is 92.9 Å². The molecule has 2 unspecified atom stereocenters. The van der Waals surface area contributed by atoms with Gasteiger partial charge in [-0.05, 0) is 92.6 Å². The van der Waals surface area contributed by atoms with Crippen LogP contribution in [0, 0.1) is 23.7 Å². The third kappa shape index (κ3) is 39.3. The molecule has 6 aromatic heterocycles. The van der Waals surface area contributed by atoms with Crippen LogP contribution in [0.5, 0.6) is 86.8 Å². The van der Waals surface area contributed by atoms with E-state index in [2.05, 4.69) is 77.3 Å². The van der Waals surface area contributed by atoms with Crippen molar-refractivity contribution in [1.29, 1.82) is 0 Å². The molecule has 34 nitrogen and oxygen atoms in total. The molecule has 3 saturated heterocycles. The number of nitrogens with zero attached hydrogens (tertiary/aromatic N) is 5. The number of esters is 2. The number of fused-ring (bicyclic) bond motifs is 3. The van der Waals surface area contributed by atoms with E-state index in [9.17, 15) is 50.7 Å². The number of phenolic OH excluding ortho intramolecular Hbond substituents is 1. The topological polar surface area (TPSA) is 421 Å². The van der Waals surface area contributed by atoms with Crippen molar-refractivity contribution >= 4 is 107 Å². The molecule has 0 aliphatic carbocycles. The van der Waals surface area contributed by atoms with E-state index in [0.29, 0.717) is 116 Å². The number of carbonyl (C=O) groups is 3. The first-order chi connectivity index (χ1) is 65.4. The van der Waals surface area contributed by atoms with Gasteiger partial charge in [-0.15, -0.1) is 6.82 Å². The number of aromatic hydroxyl groups is 1. The van der Waals surface area contributed by atoms with E-state index >= 15 is 0 Å². The normalized spacial score (nSPS) is 15.2. The summed E-state index contributed by atoms with van der Waals surface area (Å²) >= 11 is 0.